The molecule has 2 aromatic carbocycles. The van der Waals surface area contributed by atoms with Crippen molar-refractivity contribution in [3.8, 4) is 5.75 Å². The van der Waals surface area contributed by atoms with E-state index in [2.05, 4.69) is 42.0 Å². The third-order valence-corrected chi connectivity index (χ3v) is 8.71. The van der Waals surface area contributed by atoms with Gasteiger partial charge in [-0.1, -0.05) is 43.9 Å². The van der Waals surface area contributed by atoms with Gasteiger partial charge in [-0.05, 0) is 86.4 Å². The molecule has 1 aliphatic heterocycles. The van der Waals surface area contributed by atoms with Crippen molar-refractivity contribution in [1.29, 1.82) is 5.41 Å². The van der Waals surface area contributed by atoms with Crippen molar-refractivity contribution in [3.63, 3.8) is 0 Å². The Bertz CT molecular complexity index is 1720. The highest BCUT2D eigenvalue weighted by atomic mass is 19.1. The second-order valence-corrected chi connectivity index (χ2v) is 12.1. The van der Waals surface area contributed by atoms with Gasteiger partial charge in [0.1, 0.15) is 11.6 Å². The Morgan fingerprint density at radius 3 is 2.76 bits per heavy atom. The first-order valence-corrected chi connectivity index (χ1v) is 16.6. The number of nitrogens with one attached hydrogen (secondary N) is 3. The summed E-state index contributed by atoms with van der Waals surface area (Å²) >= 11 is 0. The fourth-order valence-electron chi connectivity index (χ4n) is 5.91. The van der Waals surface area contributed by atoms with Gasteiger partial charge in [-0.2, -0.15) is 0 Å². The molecule has 2 aromatic rings. The molecule has 1 aliphatic carbocycles. The summed E-state index contributed by atoms with van der Waals surface area (Å²) in [5.41, 5.74) is 11.1. The predicted octanol–water partition coefficient (Wildman–Crippen LogP) is 6.55. The Morgan fingerprint density at radius 2 is 2.04 bits per heavy atom. The van der Waals surface area contributed by atoms with E-state index in [1.807, 2.05) is 19.1 Å². The first-order valence-electron chi connectivity index (χ1n) is 16.6. The molecule has 0 aromatic heterocycles. The van der Waals surface area contributed by atoms with Crippen LogP contribution >= 0.6 is 0 Å². The van der Waals surface area contributed by atoms with E-state index in [0.29, 0.717) is 54.5 Å². The van der Waals surface area contributed by atoms with Crippen molar-refractivity contribution in [3.05, 3.63) is 108 Å². The minimum absolute atomic E-state index is 0.0160. The molecule has 2 aliphatic rings. The Morgan fingerprint density at radius 1 is 1.24 bits per heavy atom. The lowest BCUT2D eigenvalue weighted by Crippen LogP contribution is -2.37. The second-order valence-electron chi connectivity index (χ2n) is 12.1. The number of fused-ring (bicyclic) bond motifs is 1. The largest absolute Gasteiger partial charge is 0.496 e. The van der Waals surface area contributed by atoms with Crippen LogP contribution in [0.1, 0.15) is 72.5 Å². The number of halogens is 1. The summed E-state index contributed by atoms with van der Waals surface area (Å²) in [6.45, 7) is 9.30. The number of carbonyl (C=O) groups is 2. The van der Waals surface area contributed by atoms with Gasteiger partial charge in [0.25, 0.3) is 5.91 Å². The summed E-state index contributed by atoms with van der Waals surface area (Å²) in [5.74, 6) is -0.778. The quantitative estimate of drug-likeness (QED) is 0.0954. The van der Waals surface area contributed by atoms with Crippen molar-refractivity contribution < 1.29 is 23.8 Å². The summed E-state index contributed by atoms with van der Waals surface area (Å²) in [4.78, 5) is 30.2. The van der Waals surface area contributed by atoms with E-state index in [4.69, 9.17) is 20.9 Å². The molecular formula is C39H46FN5O4. The van der Waals surface area contributed by atoms with Crippen LogP contribution in [0, 0.1) is 17.1 Å². The molecule has 6 N–H and O–H groups in total. The SMILES string of the molecule is C=CCC[C@H](N)C(=O)C(=N)CCC(O)CNC(=O)c1ccc(NC2=CCC=CC3CC(c4ccc(OC)c(C=C)c4F)=CN=C23)cc1CC. The van der Waals surface area contributed by atoms with E-state index in [-0.39, 0.29) is 42.7 Å². The smallest absolute Gasteiger partial charge is 0.251 e. The molecule has 0 spiro atoms. The summed E-state index contributed by atoms with van der Waals surface area (Å²) in [7, 11) is 1.50. The molecule has 0 bridgehead atoms. The lowest BCUT2D eigenvalue weighted by atomic mass is 9.87. The number of aryl methyl sites for hydroxylation is 1. The van der Waals surface area contributed by atoms with Crippen LogP contribution in [0.25, 0.3) is 11.6 Å². The summed E-state index contributed by atoms with van der Waals surface area (Å²) in [5, 5.41) is 24.7. The van der Waals surface area contributed by atoms with E-state index >= 15 is 4.39 Å². The molecule has 0 fully saturated rings. The number of aliphatic hydroxyl groups is 1. The van der Waals surface area contributed by atoms with Crippen LogP contribution in [-0.4, -0.2) is 54.0 Å². The van der Waals surface area contributed by atoms with Crippen molar-refractivity contribution in [2.24, 2.45) is 16.6 Å². The zero-order valence-corrected chi connectivity index (χ0v) is 28.2. The fraction of sp³-hybridized carbons (Fsp3) is 0.333. The van der Waals surface area contributed by atoms with Crippen molar-refractivity contribution in [2.75, 3.05) is 19.0 Å². The number of aliphatic imine (C=N–C) groups is 1. The monoisotopic (exact) mass is 667 g/mol. The Labute approximate surface area is 287 Å². The molecule has 2 unspecified atom stereocenters. The topological polar surface area (TPSA) is 150 Å². The van der Waals surface area contributed by atoms with E-state index < -0.39 is 17.9 Å². The average molecular weight is 668 g/mol. The Hall–Kier alpha value is -4.93. The molecule has 49 heavy (non-hydrogen) atoms. The maximum atomic E-state index is 15.4. The third-order valence-electron chi connectivity index (χ3n) is 8.71. The molecule has 258 valence electrons. The third kappa shape index (κ3) is 9.16. The number of Topliss-reactive ketones (excluding diaryl/α,β-unsaturated/α-hetero) is 1. The number of anilines is 1. The summed E-state index contributed by atoms with van der Waals surface area (Å²) in [6, 6.07) is 8.20. The summed E-state index contributed by atoms with van der Waals surface area (Å²) < 4.78 is 20.7. The molecule has 1 heterocycles. The number of ketones is 1. The lowest BCUT2D eigenvalue weighted by molar-refractivity contribution is -0.114. The number of rotatable bonds is 17. The van der Waals surface area contributed by atoms with Crippen LogP contribution in [-0.2, 0) is 11.2 Å². The molecule has 9 nitrogen and oxygen atoms in total. The van der Waals surface area contributed by atoms with E-state index in [1.54, 1.807) is 30.5 Å². The highest BCUT2D eigenvalue weighted by molar-refractivity contribution is 6.40. The van der Waals surface area contributed by atoms with E-state index in [0.717, 1.165) is 28.2 Å². The van der Waals surface area contributed by atoms with Gasteiger partial charge in [-0.3, -0.25) is 14.6 Å². The van der Waals surface area contributed by atoms with Gasteiger partial charge in [-0.25, -0.2) is 4.39 Å². The first kappa shape index (κ1) is 36.9. The number of benzene rings is 2. The van der Waals surface area contributed by atoms with Crippen molar-refractivity contribution in [1.82, 2.24) is 5.32 Å². The molecule has 0 radical (unpaired) electrons. The van der Waals surface area contributed by atoms with Crippen molar-refractivity contribution in [2.45, 2.75) is 64.0 Å². The number of ether oxygens (including phenoxy) is 1. The molecular weight excluding hydrogens is 621 g/mol. The van der Waals surface area contributed by atoms with Gasteiger partial charge in [0.2, 0.25) is 0 Å². The number of allylic oxidation sites excluding steroid dienone is 6. The first-order chi connectivity index (χ1) is 23.6. The van der Waals surface area contributed by atoms with Crippen LogP contribution in [0.15, 0.2) is 84.7 Å². The molecule has 3 atom stereocenters. The van der Waals surface area contributed by atoms with Crippen LogP contribution in [0.4, 0.5) is 10.1 Å². The summed E-state index contributed by atoms with van der Waals surface area (Å²) in [6.07, 6.45) is 13.3. The molecule has 0 saturated carbocycles. The molecule has 1 amide bonds. The molecule has 4 rings (SSSR count). The number of hydrogen-bond acceptors (Lipinski definition) is 8. The van der Waals surface area contributed by atoms with Gasteiger partial charge in [0.05, 0.1) is 41.9 Å². The van der Waals surface area contributed by atoms with Gasteiger partial charge >= 0.3 is 0 Å². The Kier molecular flexibility index (Phi) is 13.1. The van der Waals surface area contributed by atoms with Crippen LogP contribution in [0.5, 0.6) is 5.75 Å². The van der Waals surface area contributed by atoms with Crippen LogP contribution in [0.3, 0.4) is 0 Å². The highest BCUT2D eigenvalue weighted by Gasteiger charge is 2.27. The normalized spacial score (nSPS) is 16.5. The number of carbonyl (C=O) groups excluding carboxylic acids is 2. The second kappa shape index (κ2) is 17.5. The lowest BCUT2D eigenvalue weighted by Gasteiger charge is -2.24. The zero-order valence-electron chi connectivity index (χ0n) is 28.2. The predicted molar refractivity (Wildman–Crippen MR) is 196 cm³/mol. The van der Waals surface area contributed by atoms with E-state index in [9.17, 15) is 14.7 Å². The minimum Gasteiger partial charge on any atom is -0.496 e. The number of aliphatic hydroxyl groups excluding tert-OH is 1. The Balaban J connectivity index is 1.40. The molecule has 0 saturated heterocycles. The van der Waals surface area contributed by atoms with Crippen LogP contribution < -0.4 is 21.1 Å². The number of hydrogen-bond donors (Lipinski definition) is 5. The van der Waals surface area contributed by atoms with E-state index in [1.165, 1.54) is 13.2 Å². The number of methoxy groups -OCH3 is 1. The minimum atomic E-state index is -0.924. The maximum Gasteiger partial charge on any atom is 0.251 e. The maximum absolute atomic E-state index is 15.4. The number of nitrogens with two attached hydrogens (primary N) is 1. The van der Waals surface area contributed by atoms with Gasteiger partial charge in [0, 0.05) is 35.5 Å². The average Bonchev–Trinajstić information content (AvgIpc) is 3.32. The van der Waals surface area contributed by atoms with Gasteiger partial charge in [-0.15, -0.1) is 6.58 Å². The number of nitrogens with zero attached hydrogens (tertiary/aromatic N) is 1. The van der Waals surface area contributed by atoms with Crippen LogP contribution in [0.2, 0.25) is 0 Å². The standard InChI is InChI=1S/C39H46FN5O4/c1-5-8-12-32(41)38(47)33(42)18-15-28(46)23-44-39(48)31-16-14-27(21-24(31)6-2)45-34-13-10-9-11-25-20-26(22-43-37(25)34)30-17-19-35(49-4)29(7-3)36(30)40/h5,7,9,11,13-14,16-17,19,21-22,25,28,32,42,45-46H,1,3,6,8,10,12,15,18,20,23,41H2,2,4H3,(H,44,48)/t25?,28?,32-/m0/s1. The van der Waals surface area contributed by atoms with Gasteiger partial charge in [0.15, 0.2) is 5.78 Å². The number of amides is 1. The zero-order chi connectivity index (χ0) is 35.5. The van der Waals surface area contributed by atoms with Gasteiger partial charge < -0.3 is 31.6 Å². The van der Waals surface area contributed by atoms with Crippen molar-refractivity contribution >= 4 is 40.5 Å². The fourth-order valence-corrected chi connectivity index (χ4v) is 5.91. The highest BCUT2D eigenvalue weighted by Crippen LogP contribution is 2.36. The molecule has 10 heteroatoms.